The molecule has 0 bridgehead atoms. The second kappa shape index (κ2) is 3.83. The Morgan fingerprint density at radius 3 is 2.53 bits per heavy atom. The van der Waals surface area contributed by atoms with E-state index in [2.05, 4.69) is 15.9 Å². The number of aryl methyl sites for hydroxylation is 1. The molecule has 4 heteroatoms. The fourth-order valence-electron chi connectivity index (χ4n) is 1.55. The SMILES string of the molecule is NC1(CCc2cc(F)c(Br)cc2F)CC1. The van der Waals surface area contributed by atoms with Crippen LogP contribution in [-0.4, -0.2) is 5.54 Å². The zero-order valence-electron chi connectivity index (χ0n) is 8.19. The van der Waals surface area contributed by atoms with E-state index in [9.17, 15) is 8.78 Å². The van der Waals surface area contributed by atoms with E-state index in [-0.39, 0.29) is 15.8 Å². The Morgan fingerprint density at radius 1 is 1.27 bits per heavy atom. The fraction of sp³-hybridized carbons (Fsp3) is 0.455. The number of rotatable bonds is 3. The number of halogens is 3. The zero-order chi connectivity index (χ0) is 11.1. The van der Waals surface area contributed by atoms with Gasteiger partial charge in [0.15, 0.2) is 0 Å². The second-order valence-corrected chi connectivity index (χ2v) is 5.07. The maximum Gasteiger partial charge on any atom is 0.137 e. The summed E-state index contributed by atoms with van der Waals surface area (Å²) in [5.74, 6) is -0.791. The van der Waals surface area contributed by atoms with Crippen LogP contribution in [0.2, 0.25) is 0 Å². The summed E-state index contributed by atoms with van der Waals surface area (Å²) in [6, 6.07) is 2.41. The van der Waals surface area contributed by atoms with E-state index in [0.29, 0.717) is 12.0 Å². The molecule has 1 saturated carbocycles. The molecule has 0 amide bonds. The monoisotopic (exact) mass is 275 g/mol. The first-order chi connectivity index (χ1) is 7.00. The molecule has 0 radical (unpaired) electrons. The molecule has 0 heterocycles. The second-order valence-electron chi connectivity index (χ2n) is 4.22. The molecule has 15 heavy (non-hydrogen) atoms. The van der Waals surface area contributed by atoms with E-state index in [1.54, 1.807) is 0 Å². The highest BCUT2D eigenvalue weighted by molar-refractivity contribution is 9.10. The molecular formula is C11H12BrF2N. The third-order valence-electron chi connectivity index (χ3n) is 2.87. The Morgan fingerprint density at radius 2 is 1.93 bits per heavy atom. The lowest BCUT2D eigenvalue weighted by atomic mass is 10.0. The molecule has 0 saturated heterocycles. The lowest BCUT2D eigenvalue weighted by Crippen LogP contribution is -2.22. The lowest BCUT2D eigenvalue weighted by Gasteiger charge is -2.09. The highest BCUT2D eigenvalue weighted by Gasteiger charge is 2.37. The van der Waals surface area contributed by atoms with Gasteiger partial charge in [0.1, 0.15) is 11.6 Å². The molecule has 0 atom stereocenters. The van der Waals surface area contributed by atoms with Gasteiger partial charge in [0.05, 0.1) is 4.47 Å². The Kier molecular flexibility index (Phi) is 2.81. The van der Waals surface area contributed by atoms with Crippen molar-refractivity contribution in [1.82, 2.24) is 0 Å². The quantitative estimate of drug-likeness (QED) is 0.843. The predicted octanol–water partition coefficient (Wildman–Crippen LogP) is 3.15. The molecule has 0 unspecified atom stereocenters. The van der Waals surface area contributed by atoms with Crippen molar-refractivity contribution in [3.63, 3.8) is 0 Å². The van der Waals surface area contributed by atoms with Crippen LogP contribution in [-0.2, 0) is 6.42 Å². The molecule has 2 N–H and O–H groups in total. The molecule has 0 aromatic heterocycles. The van der Waals surface area contributed by atoms with Crippen LogP contribution in [0.3, 0.4) is 0 Å². The first-order valence-corrected chi connectivity index (χ1v) is 5.72. The minimum absolute atomic E-state index is 0.115. The summed E-state index contributed by atoms with van der Waals surface area (Å²) in [4.78, 5) is 0. The smallest absolute Gasteiger partial charge is 0.137 e. The normalized spacial score (nSPS) is 17.9. The van der Waals surface area contributed by atoms with Crippen LogP contribution in [0.5, 0.6) is 0 Å². The summed E-state index contributed by atoms with van der Waals surface area (Å²) >= 11 is 2.94. The summed E-state index contributed by atoms with van der Waals surface area (Å²) in [6.45, 7) is 0. The Bertz CT molecular complexity index is 388. The molecule has 1 aliphatic rings. The van der Waals surface area contributed by atoms with Crippen LogP contribution in [0, 0.1) is 11.6 Å². The molecule has 0 spiro atoms. The lowest BCUT2D eigenvalue weighted by molar-refractivity contribution is 0.555. The first-order valence-electron chi connectivity index (χ1n) is 4.92. The van der Waals surface area contributed by atoms with Crippen LogP contribution in [0.25, 0.3) is 0 Å². The predicted molar refractivity (Wildman–Crippen MR) is 58.5 cm³/mol. The summed E-state index contributed by atoms with van der Waals surface area (Å²) in [5, 5.41) is 0. The van der Waals surface area contributed by atoms with E-state index < -0.39 is 5.82 Å². The van der Waals surface area contributed by atoms with Crippen molar-refractivity contribution >= 4 is 15.9 Å². The molecule has 2 rings (SSSR count). The summed E-state index contributed by atoms with van der Waals surface area (Å²) in [5.41, 5.74) is 6.18. The van der Waals surface area contributed by atoms with Gasteiger partial charge in [-0.15, -0.1) is 0 Å². The number of benzene rings is 1. The van der Waals surface area contributed by atoms with Crippen LogP contribution in [0.4, 0.5) is 8.78 Å². The highest BCUT2D eigenvalue weighted by Crippen LogP contribution is 2.37. The van der Waals surface area contributed by atoms with Crippen molar-refractivity contribution in [2.24, 2.45) is 5.73 Å². The van der Waals surface area contributed by atoms with Gasteiger partial charge in [-0.1, -0.05) is 0 Å². The molecule has 1 fully saturated rings. The third-order valence-corrected chi connectivity index (χ3v) is 3.48. The molecule has 1 nitrogen and oxygen atoms in total. The minimum Gasteiger partial charge on any atom is -0.325 e. The van der Waals surface area contributed by atoms with Crippen LogP contribution >= 0.6 is 15.9 Å². The maximum atomic E-state index is 13.4. The van der Waals surface area contributed by atoms with E-state index in [1.807, 2.05) is 0 Å². The first kappa shape index (κ1) is 11.0. The Labute approximate surface area is 95.8 Å². The van der Waals surface area contributed by atoms with Gasteiger partial charge in [-0.25, -0.2) is 8.78 Å². The largest absolute Gasteiger partial charge is 0.325 e. The van der Waals surface area contributed by atoms with Crippen LogP contribution in [0.1, 0.15) is 24.8 Å². The van der Waals surface area contributed by atoms with E-state index in [0.717, 1.165) is 19.3 Å². The van der Waals surface area contributed by atoms with Gasteiger partial charge in [-0.05, 0) is 59.3 Å². The van der Waals surface area contributed by atoms with Crippen molar-refractivity contribution in [2.75, 3.05) is 0 Å². The van der Waals surface area contributed by atoms with E-state index >= 15 is 0 Å². The van der Waals surface area contributed by atoms with Gasteiger partial charge >= 0.3 is 0 Å². The van der Waals surface area contributed by atoms with Crippen molar-refractivity contribution in [3.8, 4) is 0 Å². The Balaban J connectivity index is 2.10. The average molecular weight is 276 g/mol. The van der Waals surface area contributed by atoms with Crippen molar-refractivity contribution in [1.29, 1.82) is 0 Å². The highest BCUT2D eigenvalue weighted by atomic mass is 79.9. The fourth-order valence-corrected chi connectivity index (χ4v) is 1.86. The maximum absolute atomic E-state index is 13.4. The molecule has 0 aliphatic heterocycles. The van der Waals surface area contributed by atoms with Gasteiger partial charge in [0, 0.05) is 5.54 Å². The van der Waals surface area contributed by atoms with Gasteiger partial charge in [0.25, 0.3) is 0 Å². The van der Waals surface area contributed by atoms with Crippen molar-refractivity contribution in [3.05, 3.63) is 33.8 Å². The van der Waals surface area contributed by atoms with Gasteiger partial charge in [0.2, 0.25) is 0 Å². The van der Waals surface area contributed by atoms with Crippen molar-refractivity contribution < 1.29 is 8.78 Å². The summed E-state index contributed by atoms with van der Waals surface area (Å²) in [6.07, 6.45) is 3.22. The van der Waals surface area contributed by atoms with Gasteiger partial charge in [-0.2, -0.15) is 0 Å². The van der Waals surface area contributed by atoms with Crippen LogP contribution < -0.4 is 5.73 Å². The van der Waals surface area contributed by atoms with E-state index in [4.69, 9.17) is 5.73 Å². The standard InChI is InChI=1S/C11H12BrF2N/c12-8-6-9(13)7(5-10(8)14)1-2-11(15)3-4-11/h5-6H,1-4,15H2. The average Bonchev–Trinajstić information content (AvgIpc) is 2.89. The molecule has 82 valence electrons. The minimum atomic E-state index is -0.423. The zero-order valence-corrected chi connectivity index (χ0v) is 9.78. The number of hydrogen-bond donors (Lipinski definition) is 1. The Hall–Kier alpha value is -0.480. The third kappa shape index (κ3) is 2.55. The topological polar surface area (TPSA) is 26.0 Å². The van der Waals surface area contributed by atoms with Crippen LogP contribution in [0.15, 0.2) is 16.6 Å². The van der Waals surface area contributed by atoms with Gasteiger partial charge in [-0.3, -0.25) is 0 Å². The summed E-state index contributed by atoms with van der Waals surface area (Å²) in [7, 11) is 0. The van der Waals surface area contributed by atoms with Crippen molar-refractivity contribution in [2.45, 2.75) is 31.2 Å². The van der Waals surface area contributed by atoms with Gasteiger partial charge < -0.3 is 5.73 Å². The molecule has 1 aromatic carbocycles. The number of hydrogen-bond acceptors (Lipinski definition) is 1. The molecular weight excluding hydrogens is 264 g/mol. The van der Waals surface area contributed by atoms with E-state index in [1.165, 1.54) is 12.1 Å². The molecule has 1 aliphatic carbocycles. The molecule has 1 aromatic rings. The summed E-state index contributed by atoms with van der Waals surface area (Å²) < 4.78 is 26.7. The number of nitrogens with two attached hydrogens (primary N) is 1.